The molecule has 200 valence electrons. The van der Waals surface area contributed by atoms with Crippen LogP contribution in [0, 0.1) is 0 Å². The molecular weight excluding hydrogens is 484 g/mol. The van der Waals surface area contributed by atoms with Crippen molar-refractivity contribution in [3.8, 4) is 0 Å². The molecule has 35 heavy (non-hydrogen) atoms. The van der Waals surface area contributed by atoms with Crippen molar-refractivity contribution in [2.75, 3.05) is 25.4 Å². The molecule has 0 rings (SSSR count). The van der Waals surface area contributed by atoms with E-state index >= 15 is 0 Å². The van der Waals surface area contributed by atoms with E-state index in [1.54, 1.807) is 0 Å². The number of aliphatic hydroxyl groups is 1. The zero-order valence-corrected chi connectivity index (χ0v) is 20.1. The lowest BCUT2D eigenvalue weighted by Crippen LogP contribution is -2.58. The van der Waals surface area contributed by atoms with Crippen molar-refractivity contribution in [1.82, 2.24) is 16.0 Å². The molecule has 0 aromatic carbocycles. The molecule has 0 aromatic heterocycles. The summed E-state index contributed by atoms with van der Waals surface area (Å²) in [4.78, 5) is 56.2. The summed E-state index contributed by atoms with van der Waals surface area (Å²) in [6.07, 6.45) is 0.921. The molecule has 0 spiro atoms. The van der Waals surface area contributed by atoms with E-state index in [2.05, 4.69) is 38.6 Å². The Bertz CT molecular complexity index is 773. The highest BCUT2D eigenvalue weighted by molar-refractivity contribution is 7.80. The van der Waals surface area contributed by atoms with Gasteiger partial charge in [-0.05, 0) is 25.7 Å². The predicted octanol–water partition coefficient (Wildman–Crippen LogP) is -5.12. The van der Waals surface area contributed by atoms with Crippen LogP contribution in [-0.2, 0) is 19.2 Å². The molecule has 0 aliphatic rings. The first-order valence-corrected chi connectivity index (χ1v) is 11.3. The largest absolute Gasteiger partial charge is 0.480 e. The third kappa shape index (κ3) is 13.9. The molecule has 0 heterocycles. The van der Waals surface area contributed by atoms with Gasteiger partial charge in [-0.1, -0.05) is 0 Å². The number of aliphatic imine (C=N–C) groups is 2. The molecule has 0 saturated heterocycles. The summed E-state index contributed by atoms with van der Waals surface area (Å²) in [6, 6.07) is -4.91. The zero-order valence-electron chi connectivity index (χ0n) is 19.2. The first kappa shape index (κ1) is 31.7. The number of carbonyl (C=O) groups excluding carboxylic acids is 3. The second-order valence-electron chi connectivity index (χ2n) is 7.39. The number of nitrogens with one attached hydrogen (secondary N) is 3. The summed E-state index contributed by atoms with van der Waals surface area (Å²) < 4.78 is 0. The fourth-order valence-electron chi connectivity index (χ4n) is 2.62. The standard InChI is InChI=1S/C18H36N10O6S/c19-9(3-1-5-24-17(20)21)13(30)27-11(7-29)14(31)28-12(8-35)15(32)26-10(16(33)34)4-2-6-25-18(22)23/h9-12,29,35H,1-8,19H2,(H,26,32)(H,27,30)(H,28,31)(H,33,34)(H4,20,21,24)(H4,22,23,25). The Morgan fingerprint density at radius 2 is 1.23 bits per heavy atom. The van der Waals surface area contributed by atoms with E-state index < -0.39 is 54.5 Å². The van der Waals surface area contributed by atoms with Gasteiger partial charge in [-0.3, -0.25) is 24.4 Å². The summed E-state index contributed by atoms with van der Waals surface area (Å²) >= 11 is 4.01. The van der Waals surface area contributed by atoms with E-state index in [0.717, 1.165) is 0 Å². The molecule has 0 saturated carbocycles. The van der Waals surface area contributed by atoms with Crippen LogP contribution >= 0.6 is 12.6 Å². The van der Waals surface area contributed by atoms with Crippen LogP contribution in [0.5, 0.6) is 0 Å². The van der Waals surface area contributed by atoms with Gasteiger partial charge in [-0.15, -0.1) is 0 Å². The maximum Gasteiger partial charge on any atom is 0.326 e. The molecule has 0 fully saturated rings. The van der Waals surface area contributed by atoms with Crippen LogP contribution in [0.15, 0.2) is 9.98 Å². The number of nitrogens with zero attached hydrogens (tertiary/aromatic N) is 2. The van der Waals surface area contributed by atoms with Crippen molar-refractivity contribution in [1.29, 1.82) is 0 Å². The van der Waals surface area contributed by atoms with Crippen LogP contribution in [0.25, 0.3) is 0 Å². The summed E-state index contributed by atoms with van der Waals surface area (Å²) in [5.41, 5.74) is 26.6. The van der Waals surface area contributed by atoms with Crippen molar-refractivity contribution >= 4 is 48.2 Å². The minimum atomic E-state index is -1.41. The monoisotopic (exact) mass is 520 g/mol. The summed E-state index contributed by atoms with van der Waals surface area (Å²) in [5, 5.41) is 25.8. The molecule has 0 bridgehead atoms. The second-order valence-corrected chi connectivity index (χ2v) is 7.76. The van der Waals surface area contributed by atoms with Gasteiger partial charge in [0.1, 0.15) is 18.1 Å². The number of amides is 3. The number of rotatable bonds is 17. The van der Waals surface area contributed by atoms with Gasteiger partial charge in [0.15, 0.2) is 11.9 Å². The van der Waals surface area contributed by atoms with Crippen molar-refractivity contribution in [3.63, 3.8) is 0 Å². The summed E-state index contributed by atoms with van der Waals surface area (Å²) in [7, 11) is 0. The smallest absolute Gasteiger partial charge is 0.326 e. The molecule has 0 aliphatic heterocycles. The van der Waals surface area contributed by atoms with Gasteiger partial charge in [0.25, 0.3) is 0 Å². The van der Waals surface area contributed by atoms with Gasteiger partial charge in [0.2, 0.25) is 17.7 Å². The SMILES string of the molecule is NC(N)=NCCCC(N)C(=O)NC(CO)C(=O)NC(CS)C(=O)NC(CCCN=C(N)N)C(=O)O. The minimum absolute atomic E-state index is 0.0293. The average Bonchev–Trinajstić information content (AvgIpc) is 2.79. The zero-order chi connectivity index (χ0) is 27.0. The number of carboxylic acids is 1. The van der Waals surface area contributed by atoms with E-state index in [0.29, 0.717) is 6.42 Å². The number of nitrogens with two attached hydrogens (primary N) is 5. The Labute approximate surface area is 207 Å². The Hall–Kier alpha value is -3.31. The molecule has 16 nitrogen and oxygen atoms in total. The number of aliphatic hydroxyl groups excluding tert-OH is 1. The first-order valence-electron chi connectivity index (χ1n) is 10.6. The normalized spacial score (nSPS) is 13.9. The van der Waals surface area contributed by atoms with Gasteiger partial charge in [-0.25, -0.2) is 4.79 Å². The maximum atomic E-state index is 12.5. The van der Waals surface area contributed by atoms with Gasteiger partial charge in [-0.2, -0.15) is 12.6 Å². The summed E-state index contributed by atoms with van der Waals surface area (Å²) in [5.74, 6) is -4.12. The quantitative estimate of drug-likeness (QED) is 0.0373. The molecule has 0 aromatic rings. The summed E-state index contributed by atoms with van der Waals surface area (Å²) in [6.45, 7) is -0.345. The Balaban J connectivity index is 4.89. The van der Waals surface area contributed by atoms with E-state index in [9.17, 15) is 29.4 Å². The van der Waals surface area contributed by atoms with Crippen LogP contribution in [0.1, 0.15) is 25.7 Å². The van der Waals surface area contributed by atoms with Crippen LogP contribution in [0.4, 0.5) is 0 Å². The lowest BCUT2D eigenvalue weighted by molar-refractivity contribution is -0.142. The third-order valence-electron chi connectivity index (χ3n) is 4.50. The Kier molecular flexibility index (Phi) is 15.5. The Morgan fingerprint density at radius 1 is 0.771 bits per heavy atom. The average molecular weight is 521 g/mol. The number of thiol groups is 1. The molecule has 0 radical (unpaired) electrons. The number of hydrogen-bond donors (Lipinski definition) is 11. The number of hydrogen-bond acceptors (Lipinski definition) is 9. The highest BCUT2D eigenvalue weighted by atomic mass is 32.1. The lowest BCUT2D eigenvalue weighted by Gasteiger charge is -2.23. The van der Waals surface area contributed by atoms with Gasteiger partial charge < -0.3 is 54.8 Å². The van der Waals surface area contributed by atoms with Crippen LogP contribution in [-0.4, -0.2) is 95.4 Å². The van der Waals surface area contributed by atoms with Crippen molar-refractivity contribution in [2.24, 2.45) is 38.7 Å². The van der Waals surface area contributed by atoms with Gasteiger partial charge in [0.05, 0.1) is 12.6 Å². The number of guanidine groups is 2. The first-order chi connectivity index (χ1) is 16.4. The predicted molar refractivity (Wildman–Crippen MR) is 132 cm³/mol. The van der Waals surface area contributed by atoms with Crippen LogP contribution in [0.2, 0.25) is 0 Å². The van der Waals surface area contributed by atoms with E-state index in [1.165, 1.54) is 0 Å². The number of carboxylic acid groups (broad SMARTS) is 1. The van der Waals surface area contributed by atoms with E-state index in [4.69, 9.17) is 28.7 Å². The number of carbonyl (C=O) groups is 4. The highest BCUT2D eigenvalue weighted by Gasteiger charge is 2.29. The van der Waals surface area contributed by atoms with Crippen molar-refractivity contribution in [3.05, 3.63) is 0 Å². The highest BCUT2D eigenvalue weighted by Crippen LogP contribution is 2.01. The van der Waals surface area contributed by atoms with Crippen LogP contribution in [0.3, 0.4) is 0 Å². The fourth-order valence-corrected chi connectivity index (χ4v) is 2.88. The van der Waals surface area contributed by atoms with E-state index in [-0.39, 0.29) is 50.0 Å². The lowest BCUT2D eigenvalue weighted by atomic mass is 10.1. The molecule has 4 unspecified atom stereocenters. The van der Waals surface area contributed by atoms with Gasteiger partial charge >= 0.3 is 5.97 Å². The van der Waals surface area contributed by atoms with E-state index in [1.807, 2.05) is 0 Å². The number of aliphatic carboxylic acids is 1. The molecular formula is C18H36N10O6S. The van der Waals surface area contributed by atoms with Crippen molar-refractivity contribution < 1.29 is 29.4 Å². The molecule has 0 aliphatic carbocycles. The maximum absolute atomic E-state index is 12.5. The minimum Gasteiger partial charge on any atom is -0.480 e. The molecule has 4 atom stereocenters. The molecule has 15 N–H and O–H groups in total. The third-order valence-corrected chi connectivity index (χ3v) is 4.86. The molecule has 3 amide bonds. The topological polar surface area (TPSA) is 300 Å². The second kappa shape index (κ2) is 17.2. The Morgan fingerprint density at radius 3 is 1.69 bits per heavy atom. The fraction of sp³-hybridized carbons (Fsp3) is 0.667. The van der Waals surface area contributed by atoms with Gasteiger partial charge in [0, 0.05) is 18.8 Å². The molecule has 17 heteroatoms. The van der Waals surface area contributed by atoms with Crippen LogP contribution < -0.4 is 44.6 Å². The van der Waals surface area contributed by atoms with Crippen molar-refractivity contribution in [2.45, 2.75) is 49.9 Å².